The molecule has 0 spiro atoms. The molecule has 152 valence electrons. The van der Waals surface area contributed by atoms with Crippen molar-refractivity contribution in [1.29, 1.82) is 0 Å². The number of hydrogen-bond donors (Lipinski definition) is 1. The number of likely N-dealkylation sites (tertiary alicyclic amines) is 2. The topological polar surface area (TPSA) is 51.9 Å². The molecular formula is C20H37N7. The van der Waals surface area contributed by atoms with Gasteiger partial charge in [-0.25, -0.2) is 0 Å². The Balaban J connectivity index is 1.51. The Morgan fingerprint density at radius 1 is 1.30 bits per heavy atom. The fraction of sp³-hybridized carbons (Fsp3) is 0.800. The third-order valence-corrected chi connectivity index (χ3v) is 5.95. The van der Waals surface area contributed by atoms with Crippen LogP contribution in [0.25, 0.3) is 0 Å². The first kappa shape index (κ1) is 20.1. The summed E-state index contributed by atoms with van der Waals surface area (Å²) in [5, 5.41) is 7.94. The number of aryl methyl sites for hydroxylation is 1. The number of piperidine rings is 1. The number of aliphatic imine (C=N–C) groups is 1. The van der Waals surface area contributed by atoms with E-state index in [4.69, 9.17) is 0 Å². The highest BCUT2D eigenvalue weighted by Gasteiger charge is 2.27. The van der Waals surface area contributed by atoms with Crippen LogP contribution in [-0.4, -0.2) is 90.9 Å². The Morgan fingerprint density at radius 2 is 2.07 bits per heavy atom. The third-order valence-electron chi connectivity index (χ3n) is 5.95. The van der Waals surface area contributed by atoms with Crippen molar-refractivity contribution in [3.63, 3.8) is 0 Å². The average Bonchev–Trinajstić information content (AvgIpc) is 3.28. The van der Waals surface area contributed by atoms with Crippen molar-refractivity contribution in [3.05, 3.63) is 18.0 Å². The molecule has 3 rings (SSSR count). The quantitative estimate of drug-likeness (QED) is 0.602. The summed E-state index contributed by atoms with van der Waals surface area (Å²) in [6.07, 6.45) is 9.49. The summed E-state index contributed by atoms with van der Waals surface area (Å²) in [7, 11) is 8.10. The maximum atomic E-state index is 4.56. The van der Waals surface area contributed by atoms with Crippen LogP contribution in [0.3, 0.4) is 0 Å². The highest BCUT2D eigenvalue weighted by Crippen LogP contribution is 2.21. The Morgan fingerprint density at radius 3 is 2.70 bits per heavy atom. The van der Waals surface area contributed by atoms with Crippen LogP contribution in [-0.2, 0) is 7.05 Å². The first-order valence-electron chi connectivity index (χ1n) is 10.4. The molecule has 2 aliphatic heterocycles. The van der Waals surface area contributed by atoms with Gasteiger partial charge in [0.25, 0.3) is 0 Å². The number of rotatable bonds is 6. The van der Waals surface area contributed by atoms with Crippen molar-refractivity contribution in [3.8, 4) is 0 Å². The fourth-order valence-corrected chi connectivity index (χ4v) is 4.41. The van der Waals surface area contributed by atoms with Crippen LogP contribution in [0.2, 0.25) is 0 Å². The molecule has 0 aromatic carbocycles. The third kappa shape index (κ3) is 5.45. The van der Waals surface area contributed by atoms with Crippen molar-refractivity contribution < 1.29 is 0 Å². The van der Waals surface area contributed by atoms with Gasteiger partial charge in [-0.1, -0.05) is 6.42 Å². The molecule has 27 heavy (non-hydrogen) atoms. The van der Waals surface area contributed by atoms with E-state index < -0.39 is 0 Å². The molecule has 0 bridgehead atoms. The van der Waals surface area contributed by atoms with Gasteiger partial charge in [-0.2, -0.15) is 5.10 Å². The number of nitrogens with zero attached hydrogens (tertiary/aromatic N) is 6. The Labute approximate surface area is 164 Å². The van der Waals surface area contributed by atoms with Crippen LogP contribution in [0.1, 0.15) is 37.3 Å². The molecule has 1 N–H and O–H groups in total. The lowest BCUT2D eigenvalue weighted by molar-refractivity contribution is 0.198. The molecule has 0 amide bonds. The van der Waals surface area contributed by atoms with E-state index in [2.05, 4.69) is 50.4 Å². The lowest BCUT2D eigenvalue weighted by Crippen LogP contribution is -2.44. The molecule has 2 fully saturated rings. The second-order valence-electron chi connectivity index (χ2n) is 8.32. The second-order valence-corrected chi connectivity index (χ2v) is 8.32. The van der Waals surface area contributed by atoms with E-state index >= 15 is 0 Å². The maximum Gasteiger partial charge on any atom is 0.193 e. The van der Waals surface area contributed by atoms with Gasteiger partial charge >= 0.3 is 0 Å². The number of aromatic nitrogens is 2. The minimum absolute atomic E-state index is 0.280. The zero-order valence-electron chi connectivity index (χ0n) is 17.6. The Hall–Kier alpha value is -1.60. The predicted molar refractivity (Wildman–Crippen MR) is 111 cm³/mol. The summed E-state index contributed by atoms with van der Waals surface area (Å²) in [4.78, 5) is 11.9. The molecule has 2 saturated heterocycles. The summed E-state index contributed by atoms with van der Waals surface area (Å²) in [6.45, 7) is 6.90. The zero-order chi connectivity index (χ0) is 19.2. The van der Waals surface area contributed by atoms with E-state index in [9.17, 15) is 0 Å². The van der Waals surface area contributed by atoms with Gasteiger partial charge in [-0.05, 0) is 52.4 Å². The second kappa shape index (κ2) is 9.55. The average molecular weight is 376 g/mol. The van der Waals surface area contributed by atoms with Gasteiger partial charge < -0.3 is 20.0 Å². The molecule has 2 atom stereocenters. The van der Waals surface area contributed by atoms with Crippen molar-refractivity contribution >= 4 is 5.96 Å². The van der Waals surface area contributed by atoms with Crippen LogP contribution in [0.5, 0.6) is 0 Å². The molecule has 7 heteroatoms. The molecule has 2 aliphatic rings. The van der Waals surface area contributed by atoms with Crippen molar-refractivity contribution in [2.75, 3.05) is 60.4 Å². The van der Waals surface area contributed by atoms with E-state index in [0.29, 0.717) is 0 Å². The predicted octanol–water partition coefficient (Wildman–Crippen LogP) is 1.41. The minimum Gasteiger partial charge on any atom is -0.354 e. The number of nitrogens with one attached hydrogen (secondary N) is 1. The number of likely N-dealkylation sites (N-methyl/N-ethyl adjacent to an activating group) is 1. The SMILES string of the molecule is CN=C(NCC(c1cnn(C)c1)N(C)C)N1CCC(CN2CCCCC2)C1. The van der Waals surface area contributed by atoms with Gasteiger partial charge in [0.2, 0.25) is 0 Å². The molecule has 7 nitrogen and oxygen atoms in total. The standard InChI is InChI=1S/C20H37N7/c1-21-20(22-13-19(24(2)3)18-12-23-25(4)16-18)27-11-8-17(15-27)14-26-9-6-5-7-10-26/h12,16-17,19H,5-11,13-15H2,1-4H3,(H,21,22). The van der Waals surface area contributed by atoms with Crippen LogP contribution >= 0.6 is 0 Å². The molecular weight excluding hydrogens is 338 g/mol. The smallest absolute Gasteiger partial charge is 0.193 e. The molecule has 0 saturated carbocycles. The zero-order valence-corrected chi connectivity index (χ0v) is 17.6. The lowest BCUT2D eigenvalue weighted by atomic mass is 10.1. The van der Waals surface area contributed by atoms with Crippen molar-refractivity contribution in [1.82, 2.24) is 29.8 Å². The molecule has 3 heterocycles. The summed E-state index contributed by atoms with van der Waals surface area (Å²) in [6, 6.07) is 0.280. The van der Waals surface area contributed by atoms with E-state index in [1.165, 1.54) is 50.9 Å². The van der Waals surface area contributed by atoms with E-state index in [-0.39, 0.29) is 6.04 Å². The van der Waals surface area contributed by atoms with Gasteiger partial charge in [0.15, 0.2) is 5.96 Å². The van der Waals surface area contributed by atoms with Crippen LogP contribution in [0.15, 0.2) is 17.4 Å². The summed E-state index contributed by atoms with van der Waals surface area (Å²) >= 11 is 0. The Kier molecular flexibility index (Phi) is 7.13. The van der Waals surface area contributed by atoms with Crippen LogP contribution < -0.4 is 5.32 Å². The number of hydrogen-bond acceptors (Lipinski definition) is 4. The van der Waals surface area contributed by atoms with Gasteiger partial charge in [0, 0.05) is 52.0 Å². The first-order valence-corrected chi connectivity index (χ1v) is 10.4. The van der Waals surface area contributed by atoms with Crippen LogP contribution in [0.4, 0.5) is 0 Å². The van der Waals surface area contributed by atoms with Crippen LogP contribution in [0, 0.1) is 5.92 Å². The van der Waals surface area contributed by atoms with Gasteiger partial charge in [-0.15, -0.1) is 0 Å². The van der Waals surface area contributed by atoms with E-state index in [0.717, 1.165) is 31.5 Å². The maximum absolute atomic E-state index is 4.56. The van der Waals surface area contributed by atoms with Gasteiger partial charge in [0.1, 0.15) is 0 Å². The molecule has 1 aromatic heterocycles. The highest BCUT2D eigenvalue weighted by atomic mass is 15.3. The summed E-state index contributed by atoms with van der Waals surface area (Å²) in [5.41, 5.74) is 1.23. The lowest BCUT2D eigenvalue weighted by Gasteiger charge is -2.30. The Bertz CT molecular complexity index is 603. The summed E-state index contributed by atoms with van der Waals surface area (Å²) < 4.78 is 1.87. The molecule has 0 aliphatic carbocycles. The molecule has 1 aromatic rings. The normalized spacial score (nSPS) is 23.2. The van der Waals surface area contributed by atoms with Gasteiger partial charge in [0.05, 0.1) is 12.2 Å². The fourth-order valence-electron chi connectivity index (χ4n) is 4.41. The van der Waals surface area contributed by atoms with Crippen molar-refractivity contribution in [2.45, 2.75) is 31.7 Å². The van der Waals surface area contributed by atoms with Crippen molar-refractivity contribution in [2.24, 2.45) is 18.0 Å². The minimum atomic E-state index is 0.280. The monoisotopic (exact) mass is 375 g/mol. The first-order chi connectivity index (χ1) is 13.1. The number of guanidine groups is 1. The molecule has 2 unspecified atom stereocenters. The van der Waals surface area contributed by atoms with E-state index in [1.807, 2.05) is 25.0 Å². The molecule has 0 radical (unpaired) electrons. The van der Waals surface area contributed by atoms with Gasteiger partial charge in [-0.3, -0.25) is 9.67 Å². The largest absolute Gasteiger partial charge is 0.354 e. The van der Waals surface area contributed by atoms with E-state index in [1.54, 1.807) is 0 Å². The highest BCUT2D eigenvalue weighted by molar-refractivity contribution is 5.80. The summed E-state index contributed by atoms with van der Waals surface area (Å²) in [5.74, 6) is 1.80.